The summed E-state index contributed by atoms with van der Waals surface area (Å²) in [6, 6.07) is 5.62. The molecule has 114 valence electrons. The van der Waals surface area contributed by atoms with Gasteiger partial charge in [-0.15, -0.1) is 0 Å². The van der Waals surface area contributed by atoms with Gasteiger partial charge >= 0.3 is 5.97 Å². The Morgan fingerprint density at radius 3 is 2.57 bits per heavy atom. The van der Waals surface area contributed by atoms with Crippen molar-refractivity contribution in [2.45, 2.75) is 45.4 Å². The van der Waals surface area contributed by atoms with E-state index in [1.165, 1.54) is 0 Å². The minimum Gasteiger partial charge on any atom is -0.481 e. The zero-order valence-electron chi connectivity index (χ0n) is 12.1. The number of carboxylic acids is 1. The third-order valence-corrected chi connectivity index (χ3v) is 5.28. The molecule has 1 amide bonds. The smallest absolute Gasteiger partial charge is 0.310 e. The van der Waals surface area contributed by atoms with Gasteiger partial charge < -0.3 is 10.4 Å². The summed E-state index contributed by atoms with van der Waals surface area (Å²) in [7, 11) is 0. The Hall–Kier alpha value is -1.36. The van der Waals surface area contributed by atoms with Crippen LogP contribution in [0.5, 0.6) is 0 Å². The molecule has 0 atom stereocenters. The highest BCUT2D eigenvalue weighted by molar-refractivity contribution is 9.10. The van der Waals surface area contributed by atoms with Gasteiger partial charge in [0.05, 0.1) is 11.1 Å². The molecule has 0 aliphatic heterocycles. The van der Waals surface area contributed by atoms with Gasteiger partial charge in [0, 0.05) is 10.9 Å². The summed E-state index contributed by atoms with van der Waals surface area (Å²) in [6.07, 6.45) is 4.04. The summed E-state index contributed by atoms with van der Waals surface area (Å²) in [6.45, 7) is 1.94. The molecular formula is C16H20BrNO3. The molecule has 0 bridgehead atoms. The zero-order valence-corrected chi connectivity index (χ0v) is 13.7. The van der Waals surface area contributed by atoms with Crippen LogP contribution in [0.1, 0.15) is 44.1 Å². The minimum atomic E-state index is -0.890. The van der Waals surface area contributed by atoms with Crippen molar-refractivity contribution in [2.75, 3.05) is 5.32 Å². The van der Waals surface area contributed by atoms with Crippen molar-refractivity contribution in [3.8, 4) is 0 Å². The largest absolute Gasteiger partial charge is 0.481 e. The molecule has 0 saturated heterocycles. The van der Waals surface area contributed by atoms with E-state index in [-0.39, 0.29) is 12.3 Å². The average Bonchev–Trinajstić information content (AvgIpc) is 2.44. The third-order valence-electron chi connectivity index (χ3n) is 4.23. The molecule has 0 unspecified atom stereocenters. The normalized spacial score (nSPS) is 17.2. The molecule has 4 nitrogen and oxygen atoms in total. The van der Waals surface area contributed by atoms with E-state index in [0.29, 0.717) is 18.5 Å². The number of amides is 1. The van der Waals surface area contributed by atoms with Crippen molar-refractivity contribution in [2.24, 2.45) is 5.41 Å². The first-order valence-corrected chi connectivity index (χ1v) is 8.02. The van der Waals surface area contributed by atoms with Gasteiger partial charge in [-0.25, -0.2) is 0 Å². The highest BCUT2D eigenvalue weighted by atomic mass is 79.9. The standard InChI is InChI=1S/C16H20BrNO3/c1-11-6-5-7-12(14(11)17)18-13(19)10-16(15(20)21)8-3-2-4-9-16/h5-7H,2-4,8-10H2,1H3,(H,18,19)(H,20,21). The number of nitrogens with one attached hydrogen (secondary N) is 1. The van der Waals surface area contributed by atoms with Crippen LogP contribution >= 0.6 is 15.9 Å². The molecule has 0 radical (unpaired) electrons. The molecule has 5 heteroatoms. The van der Waals surface area contributed by atoms with Crippen LogP contribution in [0.3, 0.4) is 0 Å². The van der Waals surface area contributed by atoms with Gasteiger partial charge in [-0.3, -0.25) is 9.59 Å². The average molecular weight is 354 g/mol. The van der Waals surface area contributed by atoms with Crippen LogP contribution in [-0.4, -0.2) is 17.0 Å². The summed E-state index contributed by atoms with van der Waals surface area (Å²) < 4.78 is 0.839. The van der Waals surface area contributed by atoms with Gasteiger partial charge in [0.2, 0.25) is 5.91 Å². The number of carbonyl (C=O) groups is 2. The Labute approximate surface area is 133 Å². The van der Waals surface area contributed by atoms with Crippen LogP contribution < -0.4 is 5.32 Å². The Balaban J connectivity index is 2.09. The van der Waals surface area contributed by atoms with E-state index < -0.39 is 11.4 Å². The fourth-order valence-corrected chi connectivity index (χ4v) is 3.30. The molecule has 1 fully saturated rings. The first kappa shape index (κ1) is 16.0. The molecule has 1 saturated carbocycles. The Bertz CT molecular complexity index is 550. The van der Waals surface area contributed by atoms with Crippen molar-refractivity contribution in [3.05, 3.63) is 28.2 Å². The molecule has 2 rings (SSSR count). The number of benzene rings is 1. The maximum Gasteiger partial charge on any atom is 0.310 e. The van der Waals surface area contributed by atoms with Crippen LogP contribution in [-0.2, 0) is 9.59 Å². The lowest BCUT2D eigenvalue weighted by atomic mass is 9.71. The van der Waals surface area contributed by atoms with Crippen molar-refractivity contribution >= 4 is 33.5 Å². The lowest BCUT2D eigenvalue weighted by molar-refractivity contribution is -0.153. The highest BCUT2D eigenvalue weighted by Crippen LogP contribution is 2.40. The maximum atomic E-state index is 12.3. The number of rotatable bonds is 4. The van der Waals surface area contributed by atoms with Crippen molar-refractivity contribution in [1.82, 2.24) is 0 Å². The number of halogens is 1. The predicted octanol–water partition coefficient (Wildman–Crippen LogP) is 4.12. The van der Waals surface area contributed by atoms with Crippen LogP contribution in [0, 0.1) is 12.3 Å². The van der Waals surface area contributed by atoms with Crippen LogP contribution in [0.25, 0.3) is 0 Å². The number of aryl methyl sites for hydroxylation is 1. The molecule has 1 aliphatic rings. The fraction of sp³-hybridized carbons (Fsp3) is 0.500. The van der Waals surface area contributed by atoms with E-state index in [0.717, 1.165) is 29.3 Å². The monoisotopic (exact) mass is 353 g/mol. The number of carboxylic acid groups (broad SMARTS) is 1. The molecular weight excluding hydrogens is 334 g/mol. The van der Waals surface area contributed by atoms with Gasteiger partial charge in [0.1, 0.15) is 0 Å². The zero-order chi connectivity index (χ0) is 15.5. The van der Waals surface area contributed by atoms with E-state index in [9.17, 15) is 14.7 Å². The SMILES string of the molecule is Cc1cccc(NC(=O)CC2(C(=O)O)CCCCC2)c1Br. The molecule has 2 N–H and O–H groups in total. The van der Waals surface area contributed by atoms with E-state index in [2.05, 4.69) is 21.2 Å². The number of hydrogen-bond acceptors (Lipinski definition) is 2. The fourth-order valence-electron chi connectivity index (χ4n) is 2.94. The predicted molar refractivity (Wildman–Crippen MR) is 85.3 cm³/mol. The molecule has 1 aromatic rings. The Morgan fingerprint density at radius 1 is 1.29 bits per heavy atom. The minimum absolute atomic E-state index is 0.0444. The molecule has 0 heterocycles. The van der Waals surface area contributed by atoms with Crippen LogP contribution in [0.4, 0.5) is 5.69 Å². The van der Waals surface area contributed by atoms with Crippen molar-refractivity contribution in [3.63, 3.8) is 0 Å². The van der Waals surface area contributed by atoms with Crippen LogP contribution in [0.15, 0.2) is 22.7 Å². The lowest BCUT2D eigenvalue weighted by Gasteiger charge is -2.32. The quantitative estimate of drug-likeness (QED) is 0.855. The Kier molecular flexibility index (Phi) is 5.04. The van der Waals surface area contributed by atoms with E-state index in [1.54, 1.807) is 0 Å². The second kappa shape index (κ2) is 6.60. The van der Waals surface area contributed by atoms with Crippen molar-refractivity contribution in [1.29, 1.82) is 0 Å². The number of anilines is 1. The third kappa shape index (κ3) is 3.64. The topological polar surface area (TPSA) is 66.4 Å². The van der Waals surface area contributed by atoms with Gasteiger partial charge in [-0.05, 0) is 47.3 Å². The second-order valence-electron chi connectivity index (χ2n) is 5.81. The summed E-state index contributed by atoms with van der Waals surface area (Å²) in [4.78, 5) is 23.9. The molecule has 1 aliphatic carbocycles. The van der Waals surface area contributed by atoms with Crippen molar-refractivity contribution < 1.29 is 14.7 Å². The summed E-state index contributed by atoms with van der Waals surface area (Å²) >= 11 is 3.45. The lowest BCUT2D eigenvalue weighted by Crippen LogP contribution is -2.37. The Morgan fingerprint density at radius 2 is 1.95 bits per heavy atom. The van der Waals surface area contributed by atoms with Gasteiger partial charge in [0.15, 0.2) is 0 Å². The molecule has 0 aromatic heterocycles. The van der Waals surface area contributed by atoms with E-state index >= 15 is 0 Å². The first-order chi connectivity index (χ1) is 9.94. The molecule has 21 heavy (non-hydrogen) atoms. The summed E-state index contributed by atoms with van der Waals surface area (Å²) in [5.41, 5.74) is 0.827. The van der Waals surface area contributed by atoms with Crippen LogP contribution in [0.2, 0.25) is 0 Å². The first-order valence-electron chi connectivity index (χ1n) is 7.23. The maximum absolute atomic E-state index is 12.3. The van der Waals surface area contributed by atoms with Gasteiger partial charge in [-0.1, -0.05) is 31.4 Å². The molecule has 1 aromatic carbocycles. The van der Waals surface area contributed by atoms with E-state index in [4.69, 9.17) is 0 Å². The summed E-state index contributed by atoms with van der Waals surface area (Å²) in [5.74, 6) is -1.08. The number of hydrogen-bond donors (Lipinski definition) is 2. The number of carbonyl (C=O) groups excluding carboxylic acids is 1. The van der Waals surface area contributed by atoms with Gasteiger partial charge in [0.25, 0.3) is 0 Å². The molecule has 0 spiro atoms. The number of aliphatic carboxylic acids is 1. The van der Waals surface area contributed by atoms with Gasteiger partial charge in [-0.2, -0.15) is 0 Å². The summed E-state index contributed by atoms with van der Waals surface area (Å²) in [5, 5.41) is 12.3. The highest BCUT2D eigenvalue weighted by Gasteiger charge is 2.41. The second-order valence-corrected chi connectivity index (χ2v) is 6.60. The van der Waals surface area contributed by atoms with E-state index in [1.807, 2.05) is 25.1 Å².